The van der Waals surface area contributed by atoms with E-state index in [0.717, 1.165) is 35.4 Å². The van der Waals surface area contributed by atoms with Crippen molar-refractivity contribution in [3.05, 3.63) is 22.2 Å². The van der Waals surface area contributed by atoms with Gasteiger partial charge in [0, 0.05) is 0 Å². The van der Waals surface area contributed by atoms with Crippen molar-refractivity contribution in [3.8, 4) is 5.75 Å². The van der Waals surface area contributed by atoms with E-state index >= 15 is 0 Å². The minimum Gasteiger partial charge on any atom is -0.490 e. The highest BCUT2D eigenvalue weighted by Gasteiger charge is 2.11. The van der Waals surface area contributed by atoms with E-state index in [4.69, 9.17) is 10.5 Å². The molecule has 0 saturated carbocycles. The Hall–Kier alpha value is -0.700. The zero-order valence-corrected chi connectivity index (χ0v) is 14.6. The third-order valence-electron chi connectivity index (χ3n) is 3.77. The number of unbranched alkanes of at least 4 members (excludes halogenated alkanes) is 4. The van der Waals surface area contributed by atoms with Gasteiger partial charge in [0.1, 0.15) is 0 Å². The van der Waals surface area contributed by atoms with Gasteiger partial charge in [0.2, 0.25) is 0 Å². The van der Waals surface area contributed by atoms with Gasteiger partial charge in [-0.1, -0.05) is 46.5 Å². The average Bonchev–Trinajstić information content (AvgIpc) is 2.43. The van der Waals surface area contributed by atoms with Crippen LogP contribution in [0.15, 0.2) is 16.6 Å². The number of rotatable bonds is 9. The van der Waals surface area contributed by atoms with Crippen LogP contribution in [0.25, 0.3) is 0 Å². The first-order valence-corrected chi connectivity index (χ1v) is 8.61. The molecule has 1 aromatic rings. The van der Waals surface area contributed by atoms with Crippen LogP contribution in [0, 0.1) is 0 Å². The largest absolute Gasteiger partial charge is 0.490 e. The minimum absolute atomic E-state index is 0.525. The molecule has 0 aliphatic rings. The number of anilines is 1. The Bertz CT molecular complexity index is 383. The van der Waals surface area contributed by atoms with Crippen molar-refractivity contribution in [2.45, 2.75) is 65.2 Å². The zero-order valence-electron chi connectivity index (χ0n) is 13.0. The smallest absolute Gasteiger partial charge is 0.156 e. The fraction of sp³-hybridized carbons (Fsp3) is 0.647. The van der Waals surface area contributed by atoms with Crippen LogP contribution in [0.2, 0.25) is 0 Å². The second kappa shape index (κ2) is 9.28. The van der Waals surface area contributed by atoms with Crippen molar-refractivity contribution in [2.24, 2.45) is 0 Å². The molecule has 1 unspecified atom stereocenters. The van der Waals surface area contributed by atoms with Crippen molar-refractivity contribution in [3.63, 3.8) is 0 Å². The van der Waals surface area contributed by atoms with E-state index in [-0.39, 0.29) is 0 Å². The Labute approximate surface area is 132 Å². The predicted octanol–water partition coefficient (Wildman–Crippen LogP) is 5.89. The first kappa shape index (κ1) is 17.4. The van der Waals surface area contributed by atoms with Crippen molar-refractivity contribution in [1.29, 1.82) is 0 Å². The maximum atomic E-state index is 6.12. The first-order valence-electron chi connectivity index (χ1n) is 7.81. The van der Waals surface area contributed by atoms with Gasteiger partial charge in [0.15, 0.2) is 5.75 Å². The molecule has 0 heterocycles. The standard InChI is InChI=1S/C17H28BrNO/c1-4-6-7-8-9-10-20-17-15(18)11-14(12-16(17)19)13(3)5-2/h11-13H,4-10,19H2,1-3H3. The van der Waals surface area contributed by atoms with Crippen LogP contribution in [0.4, 0.5) is 5.69 Å². The van der Waals surface area contributed by atoms with Crippen molar-refractivity contribution in [2.75, 3.05) is 12.3 Å². The molecule has 2 N–H and O–H groups in total. The third-order valence-corrected chi connectivity index (χ3v) is 4.36. The second-order valence-electron chi connectivity index (χ2n) is 5.49. The molecule has 0 aromatic heterocycles. The number of nitrogen functional groups attached to an aromatic ring is 1. The molecule has 0 bridgehead atoms. The second-order valence-corrected chi connectivity index (χ2v) is 6.35. The van der Waals surface area contributed by atoms with E-state index in [0.29, 0.717) is 5.92 Å². The average molecular weight is 342 g/mol. The van der Waals surface area contributed by atoms with Crippen LogP contribution in [0.5, 0.6) is 5.75 Å². The van der Waals surface area contributed by atoms with E-state index in [9.17, 15) is 0 Å². The van der Waals surface area contributed by atoms with E-state index in [1.165, 1.54) is 31.2 Å². The molecule has 0 radical (unpaired) electrons. The van der Waals surface area contributed by atoms with Gasteiger partial charge in [-0.15, -0.1) is 0 Å². The highest BCUT2D eigenvalue weighted by molar-refractivity contribution is 9.10. The summed E-state index contributed by atoms with van der Waals surface area (Å²) in [6, 6.07) is 4.18. The van der Waals surface area contributed by atoms with E-state index in [1.807, 2.05) is 6.07 Å². The van der Waals surface area contributed by atoms with Gasteiger partial charge in [-0.05, 0) is 52.4 Å². The Morgan fingerprint density at radius 2 is 1.85 bits per heavy atom. The Morgan fingerprint density at radius 1 is 1.15 bits per heavy atom. The molecule has 0 saturated heterocycles. The summed E-state index contributed by atoms with van der Waals surface area (Å²) < 4.78 is 6.82. The quantitative estimate of drug-likeness (QED) is 0.448. The monoisotopic (exact) mass is 341 g/mol. The van der Waals surface area contributed by atoms with Crippen molar-refractivity contribution in [1.82, 2.24) is 0 Å². The molecule has 0 spiro atoms. The van der Waals surface area contributed by atoms with Crippen LogP contribution >= 0.6 is 15.9 Å². The van der Waals surface area contributed by atoms with Gasteiger partial charge < -0.3 is 10.5 Å². The van der Waals surface area contributed by atoms with Gasteiger partial charge in [-0.3, -0.25) is 0 Å². The summed E-state index contributed by atoms with van der Waals surface area (Å²) in [5, 5.41) is 0. The minimum atomic E-state index is 0.525. The third kappa shape index (κ3) is 5.35. The molecule has 1 rings (SSSR count). The van der Waals surface area contributed by atoms with Gasteiger partial charge in [-0.25, -0.2) is 0 Å². The lowest BCUT2D eigenvalue weighted by Gasteiger charge is -2.15. The summed E-state index contributed by atoms with van der Waals surface area (Å²) in [6.07, 6.45) is 7.33. The molecular weight excluding hydrogens is 314 g/mol. The summed E-state index contributed by atoms with van der Waals surface area (Å²) in [5.74, 6) is 1.32. The number of hydrogen-bond donors (Lipinski definition) is 1. The lowest BCUT2D eigenvalue weighted by molar-refractivity contribution is 0.304. The van der Waals surface area contributed by atoms with E-state index in [2.05, 4.69) is 42.8 Å². The maximum Gasteiger partial charge on any atom is 0.156 e. The number of ether oxygens (including phenoxy) is 1. The Morgan fingerprint density at radius 3 is 2.45 bits per heavy atom. The van der Waals surface area contributed by atoms with Gasteiger partial charge in [0.05, 0.1) is 16.8 Å². The van der Waals surface area contributed by atoms with Crippen LogP contribution in [0.1, 0.15) is 70.8 Å². The molecule has 0 amide bonds. The molecule has 114 valence electrons. The molecule has 20 heavy (non-hydrogen) atoms. The number of benzene rings is 1. The molecule has 1 aromatic carbocycles. The van der Waals surface area contributed by atoms with Crippen LogP contribution < -0.4 is 10.5 Å². The summed E-state index contributed by atoms with van der Waals surface area (Å²) in [7, 11) is 0. The molecule has 0 fully saturated rings. The Balaban J connectivity index is 2.54. The van der Waals surface area contributed by atoms with Crippen LogP contribution in [-0.4, -0.2) is 6.61 Å². The van der Waals surface area contributed by atoms with Crippen LogP contribution in [0.3, 0.4) is 0 Å². The normalized spacial score (nSPS) is 12.4. The SMILES string of the molecule is CCCCCCCOc1c(N)cc(C(C)CC)cc1Br. The number of nitrogens with two attached hydrogens (primary N) is 1. The van der Waals surface area contributed by atoms with Gasteiger partial charge in [-0.2, -0.15) is 0 Å². The van der Waals surface area contributed by atoms with Gasteiger partial charge >= 0.3 is 0 Å². The lowest BCUT2D eigenvalue weighted by atomic mass is 9.98. The predicted molar refractivity (Wildman–Crippen MR) is 91.5 cm³/mol. The Kier molecular flexibility index (Phi) is 8.05. The van der Waals surface area contributed by atoms with Crippen molar-refractivity contribution < 1.29 is 4.74 Å². The summed E-state index contributed by atoms with van der Waals surface area (Å²) >= 11 is 3.58. The molecule has 3 heteroatoms. The fourth-order valence-electron chi connectivity index (χ4n) is 2.19. The first-order chi connectivity index (χ1) is 9.60. The molecule has 2 nitrogen and oxygen atoms in total. The highest BCUT2D eigenvalue weighted by Crippen LogP contribution is 2.35. The molecule has 0 aliphatic carbocycles. The molecule has 1 atom stereocenters. The summed E-state index contributed by atoms with van der Waals surface area (Å²) in [6.45, 7) is 7.38. The van der Waals surface area contributed by atoms with Crippen molar-refractivity contribution >= 4 is 21.6 Å². The molecule has 0 aliphatic heterocycles. The van der Waals surface area contributed by atoms with Crippen LogP contribution in [-0.2, 0) is 0 Å². The van der Waals surface area contributed by atoms with E-state index in [1.54, 1.807) is 0 Å². The fourth-order valence-corrected chi connectivity index (χ4v) is 2.80. The number of hydrogen-bond acceptors (Lipinski definition) is 2. The zero-order chi connectivity index (χ0) is 15.0. The topological polar surface area (TPSA) is 35.2 Å². The highest BCUT2D eigenvalue weighted by atomic mass is 79.9. The summed E-state index contributed by atoms with van der Waals surface area (Å²) in [5.41, 5.74) is 8.13. The number of halogens is 1. The van der Waals surface area contributed by atoms with E-state index < -0.39 is 0 Å². The van der Waals surface area contributed by atoms with Gasteiger partial charge in [0.25, 0.3) is 0 Å². The summed E-state index contributed by atoms with van der Waals surface area (Å²) in [4.78, 5) is 0. The molecular formula is C17H28BrNO. The maximum absolute atomic E-state index is 6.12. The lowest BCUT2D eigenvalue weighted by Crippen LogP contribution is -2.03.